The van der Waals surface area contributed by atoms with E-state index in [9.17, 15) is 22.4 Å². The van der Waals surface area contributed by atoms with Crippen LogP contribution >= 0.6 is 0 Å². The van der Waals surface area contributed by atoms with Crippen LogP contribution in [0.4, 0.5) is 23.2 Å². The van der Waals surface area contributed by atoms with Gasteiger partial charge in [-0.3, -0.25) is 9.69 Å². The Bertz CT molecular complexity index is 833. The second-order valence-electron chi connectivity index (χ2n) is 6.93. The van der Waals surface area contributed by atoms with E-state index in [2.05, 4.69) is 10.2 Å². The minimum atomic E-state index is -4.56. The van der Waals surface area contributed by atoms with Crippen LogP contribution < -0.4 is 10.2 Å². The molecule has 2 aromatic carbocycles. The molecule has 1 heterocycles. The van der Waals surface area contributed by atoms with E-state index in [-0.39, 0.29) is 11.4 Å². The van der Waals surface area contributed by atoms with Crippen LogP contribution in [-0.4, -0.2) is 50.1 Å². The summed E-state index contributed by atoms with van der Waals surface area (Å²) in [4.78, 5) is 16.3. The summed E-state index contributed by atoms with van der Waals surface area (Å²) in [5.74, 6) is -0.954. The Kier molecular flexibility index (Phi) is 6.74. The predicted molar refractivity (Wildman–Crippen MR) is 103 cm³/mol. The van der Waals surface area contributed by atoms with Crippen LogP contribution in [0, 0.1) is 5.82 Å². The number of para-hydroxylation sites is 1. The van der Waals surface area contributed by atoms with E-state index in [1.54, 1.807) is 12.1 Å². The summed E-state index contributed by atoms with van der Waals surface area (Å²) in [5.41, 5.74) is -0.692. The molecule has 1 saturated heterocycles. The highest BCUT2D eigenvalue weighted by molar-refractivity contribution is 5.95. The first-order chi connectivity index (χ1) is 13.9. The molecule has 0 bridgehead atoms. The van der Waals surface area contributed by atoms with Crippen LogP contribution in [-0.2, 0) is 6.18 Å². The van der Waals surface area contributed by atoms with Gasteiger partial charge in [-0.05, 0) is 37.2 Å². The van der Waals surface area contributed by atoms with Crippen molar-refractivity contribution in [1.29, 1.82) is 0 Å². The average Bonchev–Trinajstić information content (AvgIpc) is 2.71. The van der Waals surface area contributed by atoms with Gasteiger partial charge < -0.3 is 10.2 Å². The summed E-state index contributed by atoms with van der Waals surface area (Å²) in [6.07, 6.45) is -3.94. The number of anilines is 1. The van der Waals surface area contributed by atoms with Crippen LogP contribution in [0.5, 0.6) is 0 Å². The molecule has 0 atom stereocenters. The van der Waals surface area contributed by atoms with Gasteiger partial charge in [-0.15, -0.1) is 0 Å². The number of piperazine rings is 1. The van der Waals surface area contributed by atoms with Gasteiger partial charge >= 0.3 is 6.18 Å². The van der Waals surface area contributed by atoms with E-state index < -0.39 is 17.6 Å². The quantitative estimate of drug-likeness (QED) is 0.583. The molecule has 0 aliphatic carbocycles. The van der Waals surface area contributed by atoms with Gasteiger partial charge in [0.05, 0.1) is 16.8 Å². The van der Waals surface area contributed by atoms with Gasteiger partial charge in [-0.2, -0.15) is 13.2 Å². The van der Waals surface area contributed by atoms with Crippen molar-refractivity contribution >= 4 is 11.6 Å². The third-order valence-corrected chi connectivity index (χ3v) is 4.98. The average molecular weight is 409 g/mol. The summed E-state index contributed by atoms with van der Waals surface area (Å²) >= 11 is 0. The van der Waals surface area contributed by atoms with E-state index in [4.69, 9.17) is 0 Å². The lowest BCUT2D eigenvalue weighted by Crippen LogP contribution is -2.47. The maximum Gasteiger partial charge on any atom is 0.417 e. The molecule has 3 rings (SSSR count). The molecule has 29 heavy (non-hydrogen) atoms. The summed E-state index contributed by atoms with van der Waals surface area (Å²) in [6.45, 7) is 3.93. The SMILES string of the molecule is O=C(NCCCN1CCN(c2ccccc2F)CC1)c1ccccc1C(F)(F)F. The van der Waals surface area contributed by atoms with Crippen molar-refractivity contribution in [3.8, 4) is 0 Å². The largest absolute Gasteiger partial charge is 0.417 e. The monoisotopic (exact) mass is 409 g/mol. The topological polar surface area (TPSA) is 35.6 Å². The van der Waals surface area contributed by atoms with Crippen LogP contribution in [0.3, 0.4) is 0 Å². The number of carbonyl (C=O) groups excluding carboxylic acids is 1. The highest BCUT2D eigenvalue weighted by atomic mass is 19.4. The number of carbonyl (C=O) groups is 1. The Balaban J connectivity index is 1.42. The Labute approximate surface area is 167 Å². The van der Waals surface area contributed by atoms with Crippen LogP contribution in [0.1, 0.15) is 22.3 Å². The molecule has 0 unspecified atom stereocenters. The molecule has 1 aliphatic rings. The zero-order valence-electron chi connectivity index (χ0n) is 15.9. The minimum absolute atomic E-state index is 0.234. The fraction of sp³-hybridized carbons (Fsp3) is 0.381. The number of rotatable bonds is 6. The maximum absolute atomic E-state index is 13.9. The molecule has 4 nitrogen and oxygen atoms in total. The third kappa shape index (κ3) is 5.47. The van der Waals surface area contributed by atoms with Gasteiger partial charge in [0.1, 0.15) is 5.82 Å². The molecule has 1 fully saturated rings. The molecule has 8 heteroatoms. The van der Waals surface area contributed by atoms with Crippen molar-refractivity contribution in [2.24, 2.45) is 0 Å². The second-order valence-corrected chi connectivity index (χ2v) is 6.93. The van der Waals surface area contributed by atoms with Gasteiger partial charge in [-0.25, -0.2) is 4.39 Å². The van der Waals surface area contributed by atoms with E-state index >= 15 is 0 Å². The number of hydrogen-bond donors (Lipinski definition) is 1. The molecule has 1 amide bonds. The summed E-state index contributed by atoms with van der Waals surface area (Å²) in [7, 11) is 0. The zero-order chi connectivity index (χ0) is 20.9. The molecule has 0 radical (unpaired) electrons. The lowest BCUT2D eigenvalue weighted by molar-refractivity contribution is -0.137. The molecule has 156 valence electrons. The van der Waals surface area contributed by atoms with Crippen LogP contribution in [0.15, 0.2) is 48.5 Å². The molecular weight excluding hydrogens is 386 g/mol. The first-order valence-corrected chi connectivity index (χ1v) is 9.52. The molecular formula is C21H23F4N3O. The first-order valence-electron chi connectivity index (χ1n) is 9.52. The van der Waals surface area contributed by atoms with Crippen molar-refractivity contribution < 1.29 is 22.4 Å². The number of nitrogens with zero attached hydrogens (tertiary/aromatic N) is 2. The van der Waals surface area contributed by atoms with Crippen molar-refractivity contribution in [1.82, 2.24) is 10.2 Å². The number of nitrogens with one attached hydrogen (secondary N) is 1. The highest BCUT2D eigenvalue weighted by Gasteiger charge is 2.34. The maximum atomic E-state index is 13.9. The van der Waals surface area contributed by atoms with Gasteiger partial charge in [-0.1, -0.05) is 24.3 Å². The minimum Gasteiger partial charge on any atom is -0.367 e. The van der Waals surface area contributed by atoms with Crippen LogP contribution in [0.2, 0.25) is 0 Å². The lowest BCUT2D eigenvalue weighted by atomic mass is 10.1. The number of hydrogen-bond acceptors (Lipinski definition) is 3. The fourth-order valence-corrected chi connectivity index (χ4v) is 3.45. The number of amides is 1. The Morgan fingerprint density at radius 2 is 1.62 bits per heavy atom. The van der Waals surface area contributed by atoms with Crippen molar-refractivity contribution in [2.75, 3.05) is 44.2 Å². The van der Waals surface area contributed by atoms with Crippen molar-refractivity contribution in [3.63, 3.8) is 0 Å². The molecule has 1 N–H and O–H groups in total. The van der Waals surface area contributed by atoms with Gasteiger partial charge in [0, 0.05) is 32.7 Å². The number of alkyl halides is 3. The Morgan fingerprint density at radius 3 is 2.31 bits per heavy atom. The second kappa shape index (κ2) is 9.26. The summed E-state index contributed by atoms with van der Waals surface area (Å²) in [5, 5.41) is 2.57. The Morgan fingerprint density at radius 1 is 0.966 bits per heavy atom. The third-order valence-electron chi connectivity index (χ3n) is 4.98. The lowest BCUT2D eigenvalue weighted by Gasteiger charge is -2.36. The summed E-state index contributed by atoms with van der Waals surface area (Å²) < 4.78 is 52.9. The summed E-state index contributed by atoms with van der Waals surface area (Å²) in [6, 6.07) is 11.4. The van der Waals surface area contributed by atoms with Crippen molar-refractivity contribution in [2.45, 2.75) is 12.6 Å². The molecule has 1 aliphatic heterocycles. The van der Waals surface area contributed by atoms with Crippen molar-refractivity contribution in [3.05, 3.63) is 65.5 Å². The van der Waals surface area contributed by atoms with Gasteiger partial charge in [0.15, 0.2) is 0 Å². The number of benzene rings is 2. The number of halogens is 4. The normalized spacial score (nSPS) is 15.4. The molecule has 0 aromatic heterocycles. The van der Waals surface area contributed by atoms with Gasteiger partial charge in [0.2, 0.25) is 0 Å². The van der Waals surface area contributed by atoms with E-state index in [1.165, 1.54) is 24.3 Å². The van der Waals surface area contributed by atoms with Gasteiger partial charge in [0.25, 0.3) is 5.91 Å². The van der Waals surface area contributed by atoms with Crippen LogP contribution in [0.25, 0.3) is 0 Å². The molecule has 0 saturated carbocycles. The molecule has 0 spiro atoms. The standard InChI is InChI=1S/C21H23F4N3O/c22-18-8-3-4-9-19(18)28-14-12-27(13-15-28)11-5-10-26-20(29)16-6-1-2-7-17(16)21(23,24)25/h1-4,6-9H,5,10-15H2,(H,26,29). The predicted octanol–water partition coefficient (Wildman–Crippen LogP) is 3.79. The van der Waals surface area contributed by atoms with E-state index in [0.717, 1.165) is 19.2 Å². The highest BCUT2D eigenvalue weighted by Crippen LogP contribution is 2.31. The zero-order valence-corrected chi connectivity index (χ0v) is 15.9. The first kappa shape index (κ1) is 21.1. The van der Waals surface area contributed by atoms with E-state index in [1.807, 2.05) is 11.0 Å². The van der Waals surface area contributed by atoms with E-state index in [0.29, 0.717) is 38.3 Å². The fourth-order valence-electron chi connectivity index (χ4n) is 3.45. The Hall–Kier alpha value is -2.61. The molecule has 2 aromatic rings. The smallest absolute Gasteiger partial charge is 0.367 e.